The van der Waals surface area contributed by atoms with E-state index in [0.29, 0.717) is 12.0 Å². The van der Waals surface area contributed by atoms with Crippen molar-refractivity contribution in [1.29, 1.82) is 0 Å². The van der Waals surface area contributed by atoms with E-state index in [2.05, 4.69) is 17.6 Å². The average Bonchev–Trinajstić information content (AvgIpc) is 2.87. The fourth-order valence-corrected chi connectivity index (χ4v) is 2.38. The molecule has 106 valence electrons. The Kier molecular flexibility index (Phi) is 3.44. The lowest BCUT2D eigenvalue weighted by atomic mass is 10.1. The Morgan fingerprint density at radius 3 is 2.67 bits per heavy atom. The molecule has 0 fully saturated rings. The first-order chi connectivity index (χ1) is 10.2. The highest BCUT2D eigenvalue weighted by molar-refractivity contribution is 6.07. The molecule has 1 heterocycles. The molecule has 0 atom stereocenters. The van der Waals surface area contributed by atoms with Crippen molar-refractivity contribution >= 4 is 23.2 Å². The molecular weight excluding hydrogens is 264 g/mol. The first-order valence-corrected chi connectivity index (χ1v) is 6.99. The highest BCUT2D eigenvalue weighted by atomic mass is 16.2. The van der Waals surface area contributed by atoms with Crippen LogP contribution in [0.4, 0.5) is 11.4 Å². The van der Waals surface area contributed by atoms with Gasteiger partial charge in [-0.25, -0.2) is 0 Å². The number of aryl methyl sites for hydroxylation is 1. The monoisotopic (exact) mass is 280 g/mol. The normalized spacial score (nSPS) is 12.7. The lowest BCUT2D eigenvalue weighted by Gasteiger charge is -2.07. The molecule has 4 heteroatoms. The van der Waals surface area contributed by atoms with Crippen molar-refractivity contribution < 1.29 is 9.59 Å². The summed E-state index contributed by atoms with van der Waals surface area (Å²) in [6, 6.07) is 13.1. The molecule has 0 unspecified atom stereocenters. The third-order valence-electron chi connectivity index (χ3n) is 3.62. The van der Waals surface area contributed by atoms with Crippen LogP contribution in [-0.4, -0.2) is 11.8 Å². The predicted molar refractivity (Wildman–Crippen MR) is 82.5 cm³/mol. The summed E-state index contributed by atoms with van der Waals surface area (Å²) in [4.78, 5) is 23.5. The van der Waals surface area contributed by atoms with E-state index in [-0.39, 0.29) is 11.8 Å². The van der Waals surface area contributed by atoms with Gasteiger partial charge in [0.2, 0.25) is 5.91 Å². The lowest BCUT2D eigenvalue weighted by molar-refractivity contribution is -0.115. The van der Waals surface area contributed by atoms with Crippen molar-refractivity contribution in [3.63, 3.8) is 0 Å². The molecule has 1 aliphatic rings. The zero-order valence-corrected chi connectivity index (χ0v) is 11.8. The van der Waals surface area contributed by atoms with Gasteiger partial charge in [0.15, 0.2) is 0 Å². The van der Waals surface area contributed by atoms with Crippen molar-refractivity contribution in [3.8, 4) is 0 Å². The molecular formula is C17H16N2O2. The Balaban J connectivity index is 1.76. The van der Waals surface area contributed by atoms with Crippen molar-refractivity contribution in [2.75, 3.05) is 10.6 Å². The summed E-state index contributed by atoms with van der Waals surface area (Å²) in [6.07, 6.45) is 1.36. The zero-order chi connectivity index (χ0) is 14.8. The third kappa shape index (κ3) is 2.79. The molecule has 0 saturated carbocycles. The summed E-state index contributed by atoms with van der Waals surface area (Å²) < 4.78 is 0. The van der Waals surface area contributed by atoms with Gasteiger partial charge in [0.25, 0.3) is 5.91 Å². The topological polar surface area (TPSA) is 58.2 Å². The summed E-state index contributed by atoms with van der Waals surface area (Å²) in [7, 11) is 0. The van der Waals surface area contributed by atoms with Crippen molar-refractivity contribution in [1.82, 2.24) is 0 Å². The van der Waals surface area contributed by atoms with Gasteiger partial charge in [0.1, 0.15) is 0 Å². The van der Waals surface area contributed by atoms with Crippen LogP contribution in [0.5, 0.6) is 0 Å². The van der Waals surface area contributed by atoms with Crippen LogP contribution in [0.15, 0.2) is 42.5 Å². The molecule has 0 aromatic heterocycles. The van der Waals surface area contributed by atoms with E-state index >= 15 is 0 Å². The van der Waals surface area contributed by atoms with Gasteiger partial charge in [-0.15, -0.1) is 0 Å². The number of hydrogen-bond acceptors (Lipinski definition) is 2. The van der Waals surface area contributed by atoms with Gasteiger partial charge >= 0.3 is 0 Å². The van der Waals surface area contributed by atoms with E-state index in [1.54, 1.807) is 12.1 Å². The van der Waals surface area contributed by atoms with Crippen LogP contribution >= 0.6 is 0 Å². The standard InChI is InChI=1S/C17H16N2O2/c1-2-11-3-7-14(8-4-11)18-17(21)13-6-5-12-10-16(20)19-15(12)9-13/h3-9H,2,10H2,1H3,(H,18,21)(H,19,20). The van der Waals surface area contributed by atoms with Crippen LogP contribution in [0.2, 0.25) is 0 Å². The van der Waals surface area contributed by atoms with E-state index in [0.717, 1.165) is 23.4 Å². The number of hydrogen-bond donors (Lipinski definition) is 2. The van der Waals surface area contributed by atoms with Crippen molar-refractivity contribution in [3.05, 3.63) is 59.2 Å². The molecule has 0 radical (unpaired) electrons. The molecule has 1 aliphatic heterocycles. The second-order valence-corrected chi connectivity index (χ2v) is 5.10. The Morgan fingerprint density at radius 1 is 1.19 bits per heavy atom. The minimum absolute atomic E-state index is 0.0299. The number of carbonyl (C=O) groups is 2. The van der Waals surface area contributed by atoms with Gasteiger partial charge in [-0.2, -0.15) is 0 Å². The molecule has 3 rings (SSSR count). The highest BCUT2D eigenvalue weighted by Gasteiger charge is 2.19. The summed E-state index contributed by atoms with van der Waals surface area (Å²) in [5.74, 6) is -0.207. The highest BCUT2D eigenvalue weighted by Crippen LogP contribution is 2.24. The molecule has 2 aromatic rings. The number of carbonyl (C=O) groups excluding carboxylic acids is 2. The van der Waals surface area contributed by atoms with Crippen LogP contribution in [0.1, 0.15) is 28.4 Å². The molecule has 2 aromatic carbocycles. The maximum atomic E-state index is 12.2. The van der Waals surface area contributed by atoms with E-state index < -0.39 is 0 Å². The van der Waals surface area contributed by atoms with Crippen LogP contribution in [0, 0.1) is 0 Å². The van der Waals surface area contributed by atoms with Crippen LogP contribution < -0.4 is 10.6 Å². The maximum absolute atomic E-state index is 12.2. The number of rotatable bonds is 3. The second kappa shape index (κ2) is 5.40. The number of benzene rings is 2. The largest absolute Gasteiger partial charge is 0.326 e. The Labute approximate surface area is 123 Å². The Hall–Kier alpha value is -2.62. The van der Waals surface area contributed by atoms with Crippen LogP contribution in [-0.2, 0) is 17.6 Å². The summed E-state index contributed by atoms with van der Waals surface area (Å²) in [5, 5.41) is 5.61. The molecule has 0 saturated heterocycles. The fourth-order valence-electron chi connectivity index (χ4n) is 2.38. The van der Waals surface area contributed by atoms with Gasteiger partial charge in [-0.1, -0.05) is 25.1 Å². The van der Waals surface area contributed by atoms with Crippen LogP contribution in [0.25, 0.3) is 0 Å². The molecule has 4 nitrogen and oxygen atoms in total. The van der Waals surface area contributed by atoms with Crippen molar-refractivity contribution in [2.24, 2.45) is 0 Å². The summed E-state index contributed by atoms with van der Waals surface area (Å²) in [5.41, 5.74) is 4.20. The second-order valence-electron chi connectivity index (χ2n) is 5.10. The molecule has 0 bridgehead atoms. The zero-order valence-electron chi connectivity index (χ0n) is 11.8. The lowest BCUT2D eigenvalue weighted by Crippen LogP contribution is -2.12. The smallest absolute Gasteiger partial charge is 0.255 e. The van der Waals surface area contributed by atoms with Gasteiger partial charge in [-0.05, 0) is 41.8 Å². The Bertz CT molecular complexity index is 705. The summed E-state index contributed by atoms with van der Waals surface area (Å²) >= 11 is 0. The number of amides is 2. The SMILES string of the molecule is CCc1ccc(NC(=O)c2ccc3c(c2)NC(=O)C3)cc1. The number of anilines is 2. The first-order valence-electron chi connectivity index (χ1n) is 6.99. The molecule has 21 heavy (non-hydrogen) atoms. The first kappa shape index (κ1) is 13.4. The quantitative estimate of drug-likeness (QED) is 0.908. The third-order valence-corrected chi connectivity index (χ3v) is 3.62. The van der Waals surface area contributed by atoms with Crippen LogP contribution in [0.3, 0.4) is 0 Å². The minimum atomic E-state index is -0.178. The molecule has 2 amide bonds. The minimum Gasteiger partial charge on any atom is -0.326 e. The average molecular weight is 280 g/mol. The van der Waals surface area contributed by atoms with Gasteiger partial charge < -0.3 is 10.6 Å². The van der Waals surface area contributed by atoms with E-state index in [4.69, 9.17) is 0 Å². The van der Waals surface area contributed by atoms with E-state index in [1.165, 1.54) is 5.56 Å². The predicted octanol–water partition coefficient (Wildman–Crippen LogP) is 3.00. The van der Waals surface area contributed by atoms with Crippen molar-refractivity contribution in [2.45, 2.75) is 19.8 Å². The number of nitrogens with one attached hydrogen (secondary N) is 2. The molecule has 0 spiro atoms. The Morgan fingerprint density at radius 2 is 1.95 bits per heavy atom. The van der Waals surface area contributed by atoms with E-state index in [1.807, 2.05) is 30.3 Å². The fraction of sp³-hybridized carbons (Fsp3) is 0.176. The van der Waals surface area contributed by atoms with E-state index in [9.17, 15) is 9.59 Å². The van der Waals surface area contributed by atoms with Gasteiger partial charge in [0.05, 0.1) is 6.42 Å². The molecule has 2 N–H and O–H groups in total. The number of fused-ring (bicyclic) bond motifs is 1. The molecule has 0 aliphatic carbocycles. The van der Waals surface area contributed by atoms with Gasteiger partial charge in [0, 0.05) is 16.9 Å². The van der Waals surface area contributed by atoms with Gasteiger partial charge in [-0.3, -0.25) is 9.59 Å². The summed E-state index contributed by atoms with van der Waals surface area (Å²) in [6.45, 7) is 2.09. The maximum Gasteiger partial charge on any atom is 0.255 e.